The third-order valence-electron chi connectivity index (χ3n) is 6.32. The Morgan fingerprint density at radius 2 is 1.50 bits per heavy atom. The summed E-state index contributed by atoms with van der Waals surface area (Å²) in [7, 11) is 0. The molecule has 1 aliphatic carbocycles. The number of rotatable bonds is 5. The van der Waals surface area contributed by atoms with Crippen LogP contribution in [0.25, 0.3) is 0 Å². The van der Waals surface area contributed by atoms with Crippen LogP contribution >= 0.6 is 0 Å². The minimum Gasteiger partial charge on any atom is -0.466 e. The van der Waals surface area contributed by atoms with Gasteiger partial charge < -0.3 is 15.0 Å². The number of carbonyl (C=O) groups excluding carboxylic acids is 2. The zero-order chi connectivity index (χ0) is 21.6. The molecule has 1 saturated carbocycles. The Bertz CT molecular complexity index is 591. The van der Waals surface area contributed by atoms with Crippen LogP contribution in [0.5, 0.6) is 0 Å². The van der Waals surface area contributed by atoms with Crippen LogP contribution < -0.4 is 5.32 Å². The van der Waals surface area contributed by atoms with Crippen LogP contribution in [0.2, 0.25) is 0 Å². The van der Waals surface area contributed by atoms with Gasteiger partial charge in [-0.1, -0.05) is 57.8 Å². The molecule has 0 bridgehead atoms. The van der Waals surface area contributed by atoms with Crippen molar-refractivity contribution in [3.8, 4) is 6.07 Å². The molecule has 0 atom stereocenters. The highest BCUT2D eigenvalue weighted by molar-refractivity contribution is 5.97. The quantitative estimate of drug-likeness (QED) is 0.406. The summed E-state index contributed by atoms with van der Waals surface area (Å²) in [5.41, 5.74) is 0.163. The van der Waals surface area contributed by atoms with Crippen molar-refractivity contribution in [2.45, 2.75) is 96.4 Å². The van der Waals surface area contributed by atoms with E-state index in [9.17, 15) is 14.9 Å². The van der Waals surface area contributed by atoms with Crippen molar-refractivity contribution >= 4 is 11.9 Å². The summed E-state index contributed by atoms with van der Waals surface area (Å²) >= 11 is 0. The second-order valence-electron chi connectivity index (χ2n) is 8.61. The molecule has 0 unspecified atom stereocenters. The topological polar surface area (TPSA) is 82.4 Å². The first-order valence-electron chi connectivity index (χ1n) is 12.0. The van der Waals surface area contributed by atoms with Crippen molar-refractivity contribution in [1.29, 1.82) is 5.26 Å². The van der Waals surface area contributed by atoms with Crippen molar-refractivity contribution in [1.82, 2.24) is 10.2 Å². The lowest BCUT2D eigenvalue weighted by atomic mass is 9.96. The van der Waals surface area contributed by atoms with Crippen molar-refractivity contribution in [3.63, 3.8) is 0 Å². The highest BCUT2D eigenvalue weighted by Gasteiger charge is 2.29. The van der Waals surface area contributed by atoms with Gasteiger partial charge in [-0.2, -0.15) is 5.26 Å². The SMILES string of the molecule is CCOC(=O)C1CCN(C(=O)/C(C#N)=C\NC2CCCCCCCCCCC2)CC1. The molecule has 1 saturated heterocycles. The Labute approximate surface area is 182 Å². The Hall–Kier alpha value is -2.03. The average molecular weight is 418 g/mol. The molecule has 6 heteroatoms. The fraction of sp³-hybridized carbons (Fsp3) is 0.792. The van der Waals surface area contributed by atoms with Crippen LogP contribution in [0, 0.1) is 17.2 Å². The van der Waals surface area contributed by atoms with Gasteiger partial charge in [-0.25, -0.2) is 0 Å². The van der Waals surface area contributed by atoms with E-state index < -0.39 is 0 Å². The molecule has 1 aliphatic heterocycles. The van der Waals surface area contributed by atoms with Crippen molar-refractivity contribution in [2.75, 3.05) is 19.7 Å². The lowest BCUT2D eigenvalue weighted by Gasteiger charge is -2.30. The largest absolute Gasteiger partial charge is 0.466 e. The molecule has 0 aromatic heterocycles. The number of nitrogens with one attached hydrogen (secondary N) is 1. The van der Waals surface area contributed by atoms with E-state index in [0.717, 1.165) is 12.8 Å². The third kappa shape index (κ3) is 8.38. The second kappa shape index (κ2) is 14.1. The number of piperidine rings is 1. The zero-order valence-electron chi connectivity index (χ0n) is 18.7. The minimum atomic E-state index is -0.236. The molecule has 1 heterocycles. The maximum Gasteiger partial charge on any atom is 0.309 e. The summed E-state index contributed by atoms with van der Waals surface area (Å²) in [6.07, 6.45) is 16.6. The Kier molecular flexibility index (Phi) is 11.4. The van der Waals surface area contributed by atoms with E-state index in [0.29, 0.717) is 38.6 Å². The summed E-state index contributed by atoms with van der Waals surface area (Å²) in [5, 5.41) is 12.9. The average Bonchev–Trinajstić information content (AvgIpc) is 2.75. The van der Waals surface area contributed by atoms with Crippen molar-refractivity contribution in [2.24, 2.45) is 5.92 Å². The van der Waals surface area contributed by atoms with E-state index in [2.05, 4.69) is 11.4 Å². The van der Waals surface area contributed by atoms with Gasteiger partial charge in [0.15, 0.2) is 0 Å². The molecule has 0 aromatic rings. The predicted molar refractivity (Wildman–Crippen MR) is 117 cm³/mol. The molecule has 0 spiro atoms. The van der Waals surface area contributed by atoms with Gasteiger partial charge in [-0.3, -0.25) is 9.59 Å². The van der Waals surface area contributed by atoms with Gasteiger partial charge in [0.05, 0.1) is 12.5 Å². The number of likely N-dealkylation sites (tertiary alicyclic amines) is 1. The van der Waals surface area contributed by atoms with E-state index >= 15 is 0 Å². The molecule has 2 aliphatic rings. The summed E-state index contributed by atoms with van der Waals surface area (Å²) in [5.74, 6) is -0.553. The number of nitriles is 1. The number of ether oxygens (including phenoxy) is 1. The monoisotopic (exact) mass is 417 g/mol. The number of hydrogen-bond donors (Lipinski definition) is 1. The molecule has 0 aromatic carbocycles. The van der Waals surface area contributed by atoms with Crippen LogP contribution in [0.15, 0.2) is 11.8 Å². The van der Waals surface area contributed by atoms with E-state index in [1.807, 2.05) is 0 Å². The molecule has 0 radical (unpaired) electrons. The lowest BCUT2D eigenvalue weighted by molar-refractivity contribution is -0.150. The van der Waals surface area contributed by atoms with E-state index in [4.69, 9.17) is 4.74 Å². The number of hydrogen-bond acceptors (Lipinski definition) is 5. The number of esters is 1. The molecule has 1 amide bonds. The first-order valence-corrected chi connectivity index (χ1v) is 12.0. The van der Waals surface area contributed by atoms with Gasteiger partial charge in [0.25, 0.3) is 5.91 Å². The summed E-state index contributed by atoms with van der Waals surface area (Å²) in [6.45, 7) is 3.16. The van der Waals surface area contributed by atoms with Gasteiger partial charge >= 0.3 is 5.97 Å². The standard InChI is InChI=1S/C24H39N3O3/c1-2-30-24(29)20-14-16-27(17-15-20)23(28)21(18-25)19-26-22-12-10-8-6-4-3-5-7-9-11-13-22/h19-20,22,26H,2-17H2,1H3/b21-19-. The highest BCUT2D eigenvalue weighted by atomic mass is 16.5. The smallest absolute Gasteiger partial charge is 0.309 e. The van der Waals surface area contributed by atoms with Crippen LogP contribution in [-0.2, 0) is 14.3 Å². The number of carbonyl (C=O) groups is 2. The first-order chi connectivity index (χ1) is 14.7. The molecule has 1 N–H and O–H groups in total. The second-order valence-corrected chi connectivity index (χ2v) is 8.61. The Morgan fingerprint density at radius 3 is 2.00 bits per heavy atom. The van der Waals surface area contributed by atoms with E-state index in [1.165, 1.54) is 57.8 Å². The van der Waals surface area contributed by atoms with Gasteiger partial charge in [0.2, 0.25) is 0 Å². The summed E-state index contributed by atoms with van der Waals surface area (Å²) < 4.78 is 5.09. The molecule has 30 heavy (non-hydrogen) atoms. The van der Waals surface area contributed by atoms with Crippen LogP contribution in [0.3, 0.4) is 0 Å². The van der Waals surface area contributed by atoms with E-state index in [-0.39, 0.29) is 23.4 Å². The predicted octanol–water partition coefficient (Wildman–Crippen LogP) is 4.46. The Balaban J connectivity index is 1.86. The fourth-order valence-electron chi connectivity index (χ4n) is 4.42. The third-order valence-corrected chi connectivity index (χ3v) is 6.32. The normalized spacial score (nSPS) is 21.1. The first kappa shape index (κ1) is 24.2. The summed E-state index contributed by atoms with van der Waals surface area (Å²) in [6, 6.07) is 2.41. The van der Waals surface area contributed by atoms with E-state index in [1.54, 1.807) is 18.0 Å². The van der Waals surface area contributed by atoms with Gasteiger partial charge in [-0.05, 0) is 32.6 Å². The fourth-order valence-corrected chi connectivity index (χ4v) is 4.42. The van der Waals surface area contributed by atoms with Crippen LogP contribution in [-0.4, -0.2) is 42.5 Å². The number of amides is 1. The number of nitrogens with zero attached hydrogens (tertiary/aromatic N) is 2. The van der Waals surface area contributed by atoms with Crippen LogP contribution in [0.4, 0.5) is 0 Å². The molecular formula is C24H39N3O3. The molecule has 168 valence electrons. The minimum absolute atomic E-state index is 0.141. The molecular weight excluding hydrogens is 378 g/mol. The Morgan fingerprint density at radius 1 is 0.967 bits per heavy atom. The maximum absolute atomic E-state index is 12.8. The maximum atomic E-state index is 12.8. The molecule has 2 fully saturated rings. The van der Waals surface area contributed by atoms with Gasteiger partial charge in [0.1, 0.15) is 11.6 Å². The van der Waals surface area contributed by atoms with Crippen molar-refractivity contribution < 1.29 is 14.3 Å². The highest BCUT2D eigenvalue weighted by Crippen LogP contribution is 2.20. The molecule has 2 rings (SSSR count). The zero-order valence-corrected chi connectivity index (χ0v) is 18.7. The summed E-state index contributed by atoms with van der Waals surface area (Å²) in [4.78, 5) is 26.4. The van der Waals surface area contributed by atoms with Crippen LogP contribution in [0.1, 0.15) is 90.4 Å². The molecule has 6 nitrogen and oxygen atoms in total. The van der Waals surface area contributed by atoms with Crippen molar-refractivity contribution in [3.05, 3.63) is 11.8 Å². The van der Waals surface area contributed by atoms with Gasteiger partial charge in [-0.15, -0.1) is 0 Å². The van der Waals surface area contributed by atoms with Gasteiger partial charge in [0, 0.05) is 25.3 Å². The lowest BCUT2D eigenvalue weighted by Crippen LogP contribution is -2.41.